The number of nitrogens with zero attached hydrogens (tertiary/aromatic N) is 5. The highest BCUT2D eigenvalue weighted by Gasteiger charge is 2.33. The van der Waals surface area contributed by atoms with Crippen molar-refractivity contribution in [2.45, 2.75) is 68.3 Å². The summed E-state index contributed by atoms with van der Waals surface area (Å²) < 4.78 is 8.27. The lowest BCUT2D eigenvalue weighted by atomic mass is 9.90. The van der Waals surface area contributed by atoms with Gasteiger partial charge in [-0.3, -0.25) is 10.1 Å². The van der Waals surface area contributed by atoms with Crippen LogP contribution in [0.2, 0.25) is 0 Å². The van der Waals surface area contributed by atoms with Crippen LogP contribution in [0.25, 0.3) is 15.9 Å². The molecule has 34 heavy (non-hydrogen) atoms. The zero-order valence-electron chi connectivity index (χ0n) is 19.2. The SMILES string of the molecule is CCCSc1nc2sc3c(c2c2nnc(SCc4ccc([N+](=O)[O-])cc4)n12)C[C@](C)(CC)OC3. The van der Waals surface area contributed by atoms with Gasteiger partial charge in [-0.1, -0.05) is 49.5 Å². The van der Waals surface area contributed by atoms with Crippen LogP contribution in [0.4, 0.5) is 5.69 Å². The second-order valence-electron chi connectivity index (χ2n) is 8.55. The van der Waals surface area contributed by atoms with E-state index >= 15 is 0 Å². The number of ether oxygens (including phenoxy) is 1. The van der Waals surface area contributed by atoms with E-state index < -0.39 is 0 Å². The van der Waals surface area contributed by atoms with Gasteiger partial charge in [0.1, 0.15) is 4.83 Å². The summed E-state index contributed by atoms with van der Waals surface area (Å²) in [5.74, 6) is 1.60. The number of hydrogen-bond donors (Lipinski definition) is 0. The molecule has 178 valence electrons. The minimum absolute atomic E-state index is 0.0943. The molecule has 8 nitrogen and oxygen atoms in total. The van der Waals surface area contributed by atoms with Crippen LogP contribution in [-0.2, 0) is 23.5 Å². The number of thiophene rings is 1. The van der Waals surface area contributed by atoms with Crippen LogP contribution in [0.5, 0.6) is 0 Å². The van der Waals surface area contributed by atoms with Gasteiger partial charge in [0.25, 0.3) is 5.69 Å². The van der Waals surface area contributed by atoms with Gasteiger partial charge >= 0.3 is 0 Å². The molecule has 1 atom stereocenters. The number of fused-ring (bicyclic) bond motifs is 5. The molecule has 0 spiro atoms. The number of hydrogen-bond acceptors (Lipinski definition) is 9. The number of thioether (sulfide) groups is 2. The molecule has 0 amide bonds. The molecule has 0 saturated carbocycles. The van der Waals surface area contributed by atoms with Crippen LogP contribution in [0.3, 0.4) is 0 Å². The topological polar surface area (TPSA) is 95.5 Å². The number of non-ortho nitro benzene ring substituents is 1. The summed E-state index contributed by atoms with van der Waals surface area (Å²) in [5, 5.41) is 22.9. The third kappa shape index (κ3) is 4.30. The minimum atomic E-state index is -0.382. The number of rotatable bonds is 8. The Morgan fingerprint density at radius 2 is 2.00 bits per heavy atom. The van der Waals surface area contributed by atoms with Crippen molar-refractivity contribution in [2.24, 2.45) is 0 Å². The van der Waals surface area contributed by atoms with Crippen molar-refractivity contribution in [1.29, 1.82) is 0 Å². The first kappa shape index (κ1) is 23.5. The second-order valence-corrected chi connectivity index (χ2v) is 11.6. The van der Waals surface area contributed by atoms with E-state index in [0.717, 1.165) is 56.8 Å². The van der Waals surface area contributed by atoms with Gasteiger partial charge in [-0.05, 0) is 30.9 Å². The minimum Gasteiger partial charge on any atom is -0.369 e. The molecule has 1 aliphatic rings. The summed E-state index contributed by atoms with van der Waals surface area (Å²) in [6.07, 6.45) is 2.83. The highest BCUT2D eigenvalue weighted by Crippen LogP contribution is 2.42. The lowest BCUT2D eigenvalue weighted by Gasteiger charge is -2.33. The van der Waals surface area contributed by atoms with E-state index in [9.17, 15) is 10.1 Å². The molecule has 0 aliphatic carbocycles. The quantitative estimate of drug-likeness (QED) is 0.117. The average molecular weight is 516 g/mol. The van der Waals surface area contributed by atoms with E-state index in [1.54, 1.807) is 47.0 Å². The maximum atomic E-state index is 10.9. The number of aromatic nitrogens is 4. The Morgan fingerprint density at radius 3 is 2.71 bits per heavy atom. The summed E-state index contributed by atoms with van der Waals surface area (Å²) in [4.78, 5) is 17.8. The lowest BCUT2D eigenvalue weighted by Crippen LogP contribution is -2.33. The van der Waals surface area contributed by atoms with E-state index in [0.29, 0.717) is 12.4 Å². The summed E-state index contributed by atoms with van der Waals surface area (Å²) >= 11 is 4.99. The Kier molecular flexibility index (Phi) is 6.54. The third-order valence-electron chi connectivity index (χ3n) is 6.12. The van der Waals surface area contributed by atoms with E-state index in [1.807, 2.05) is 0 Å². The van der Waals surface area contributed by atoms with E-state index in [-0.39, 0.29) is 16.2 Å². The lowest BCUT2D eigenvalue weighted by molar-refractivity contribution is -0.384. The third-order valence-corrected chi connectivity index (χ3v) is 9.36. The first-order chi connectivity index (χ1) is 16.4. The van der Waals surface area contributed by atoms with Crippen molar-refractivity contribution in [2.75, 3.05) is 5.75 Å². The summed E-state index contributed by atoms with van der Waals surface area (Å²) in [6, 6.07) is 6.66. The molecule has 0 unspecified atom stereocenters. The molecular weight excluding hydrogens is 490 g/mol. The monoisotopic (exact) mass is 515 g/mol. The molecule has 0 fully saturated rings. The first-order valence-corrected chi connectivity index (χ1v) is 14.0. The van der Waals surface area contributed by atoms with Gasteiger partial charge in [-0.2, -0.15) is 0 Å². The highest BCUT2D eigenvalue weighted by atomic mass is 32.2. The maximum absolute atomic E-state index is 10.9. The molecule has 5 rings (SSSR count). The first-order valence-electron chi connectivity index (χ1n) is 11.2. The fourth-order valence-corrected chi connectivity index (χ4v) is 6.94. The average Bonchev–Trinajstić information content (AvgIpc) is 3.42. The van der Waals surface area contributed by atoms with Gasteiger partial charge < -0.3 is 4.74 Å². The van der Waals surface area contributed by atoms with Gasteiger partial charge in [0.15, 0.2) is 16.0 Å². The smallest absolute Gasteiger partial charge is 0.269 e. The van der Waals surface area contributed by atoms with Crippen molar-refractivity contribution in [3.63, 3.8) is 0 Å². The van der Waals surface area contributed by atoms with Gasteiger partial charge in [0.05, 0.1) is 22.5 Å². The fourth-order valence-electron chi connectivity index (χ4n) is 3.99. The molecular formula is C23H25N5O3S3. The van der Waals surface area contributed by atoms with E-state index in [4.69, 9.17) is 9.72 Å². The summed E-state index contributed by atoms with van der Waals surface area (Å²) in [6.45, 7) is 7.10. The zero-order chi connectivity index (χ0) is 23.9. The van der Waals surface area contributed by atoms with Crippen LogP contribution in [-0.4, -0.2) is 35.9 Å². The van der Waals surface area contributed by atoms with Crippen molar-refractivity contribution in [3.8, 4) is 0 Å². The predicted molar refractivity (Wildman–Crippen MR) is 137 cm³/mol. The number of nitro groups is 1. The van der Waals surface area contributed by atoms with Gasteiger partial charge in [-0.25, -0.2) is 9.38 Å². The maximum Gasteiger partial charge on any atom is 0.269 e. The Bertz CT molecular complexity index is 1370. The molecule has 0 bridgehead atoms. The van der Waals surface area contributed by atoms with Crippen LogP contribution in [0.15, 0.2) is 34.6 Å². The van der Waals surface area contributed by atoms with Crippen LogP contribution >= 0.6 is 34.9 Å². The van der Waals surface area contributed by atoms with E-state index in [1.165, 1.54) is 22.6 Å². The van der Waals surface area contributed by atoms with Crippen molar-refractivity contribution in [3.05, 3.63) is 50.4 Å². The van der Waals surface area contributed by atoms with Crippen LogP contribution < -0.4 is 0 Å². The van der Waals surface area contributed by atoms with Crippen molar-refractivity contribution < 1.29 is 9.66 Å². The second kappa shape index (κ2) is 9.44. The summed E-state index contributed by atoms with van der Waals surface area (Å²) in [7, 11) is 0. The van der Waals surface area contributed by atoms with Gasteiger partial charge in [0.2, 0.25) is 0 Å². The summed E-state index contributed by atoms with van der Waals surface area (Å²) in [5.41, 5.74) is 3.05. The molecule has 0 radical (unpaired) electrons. The zero-order valence-corrected chi connectivity index (χ0v) is 21.7. The predicted octanol–water partition coefficient (Wildman–Crippen LogP) is 6.28. The Balaban J connectivity index is 1.56. The number of nitro benzene ring substituents is 1. The van der Waals surface area contributed by atoms with Crippen molar-refractivity contribution in [1.82, 2.24) is 19.6 Å². The Morgan fingerprint density at radius 1 is 1.21 bits per heavy atom. The fraction of sp³-hybridized carbons (Fsp3) is 0.435. The normalized spacial score (nSPS) is 18.0. The largest absolute Gasteiger partial charge is 0.369 e. The Hall–Kier alpha value is -2.21. The molecule has 11 heteroatoms. The van der Waals surface area contributed by atoms with Crippen molar-refractivity contribution >= 4 is 56.4 Å². The highest BCUT2D eigenvalue weighted by molar-refractivity contribution is 7.99. The molecule has 0 saturated heterocycles. The molecule has 1 aromatic carbocycles. The molecule has 3 aromatic heterocycles. The van der Waals surface area contributed by atoms with Gasteiger partial charge in [0, 0.05) is 34.9 Å². The van der Waals surface area contributed by atoms with Crippen LogP contribution in [0, 0.1) is 10.1 Å². The molecule has 4 aromatic rings. The van der Waals surface area contributed by atoms with Crippen LogP contribution in [0.1, 0.15) is 49.6 Å². The standard InChI is InChI=1S/C23H25N5O3S3/c1-4-10-32-21-24-20-18(16-11-23(3,5-2)31-12-17(16)34-20)19-25-26-22(27(19)21)33-13-14-6-8-15(9-7-14)28(29)30/h6-9H,4-5,10-13H2,1-3H3/t23-/m0/s1. The number of benzene rings is 1. The molecule has 4 heterocycles. The van der Waals surface area contributed by atoms with E-state index in [2.05, 4.69) is 35.4 Å². The van der Waals surface area contributed by atoms with Gasteiger partial charge in [-0.15, -0.1) is 21.5 Å². The Labute approximate surface area is 209 Å². The molecule has 1 aliphatic heterocycles. The molecule has 0 N–H and O–H groups in total.